The monoisotopic (exact) mass is 173 g/mol. The number of rotatable bonds is 3. The number of ether oxygens (including phenoxy) is 1. The topological polar surface area (TPSA) is 41.5 Å². The first-order valence-corrected chi connectivity index (χ1v) is 4.72. The zero-order valence-electron chi connectivity index (χ0n) is 7.92. The first-order chi connectivity index (χ1) is 5.72. The van der Waals surface area contributed by atoms with E-state index < -0.39 is 0 Å². The predicted octanol–water partition coefficient (Wildman–Crippen LogP) is 0.524. The average molecular weight is 173 g/mol. The van der Waals surface area contributed by atoms with E-state index in [9.17, 15) is 0 Å². The Morgan fingerprint density at radius 1 is 1.33 bits per heavy atom. The Morgan fingerprint density at radius 3 is 2.42 bits per heavy atom. The van der Waals surface area contributed by atoms with Gasteiger partial charge in [-0.25, -0.2) is 0 Å². The number of nitrogens with one attached hydrogen (secondary N) is 1. The predicted molar refractivity (Wildman–Crippen MR) is 48.1 cm³/mol. The van der Waals surface area contributed by atoms with E-state index in [1.54, 1.807) is 0 Å². The zero-order chi connectivity index (χ0) is 8.97. The van der Waals surface area contributed by atoms with Gasteiger partial charge in [0.2, 0.25) is 0 Å². The Labute approximate surface area is 74.1 Å². The average Bonchev–Trinajstić information content (AvgIpc) is 1.99. The molecule has 0 aromatic rings. The molecule has 3 nitrogen and oxygen atoms in total. The van der Waals surface area contributed by atoms with Gasteiger partial charge in [-0.2, -0.15) is 0 Å². The van der Waals surface area contributed by atoms with Crippen LogP contribution in [0.3, 0.4) is 0 Å². The minimum Gasteiger partial charge on any atom is -0.395 e. The van der Waals surface area contributed by atoms with Crippen molar-refractivity contribution in [2.45, 2.75) is 44.9 Å². The Hall–Kier alpha value is -0.120. The highest BCUT2D eigenvalue weighted by Gasteiger charge is 2.23. The first-order valence-electron chi connectivity index (χ1n) is 4.72. The minimum atomic E-state index is 0.222. The van der Waals surface area contributed by atoms with E-state index in [0.29, 0.717) is 24.8 Å². The molecular weight excluding hydrogens is 154 g/mol. The smallest absolute Gasteiger partial charge is 0.0565 e. The van der Waals surface area contributed by atoms with E-state index in [4.69, 9.17) is 9.84 Å². The maximum atomic E-state index is 8.63. The molecule has 0 saturated carbocycles. The van der Waals surface area contributed by atoms with Crippen LogP contribution in [0.1, 0.15) is 26.7 Å². The van der Waals surface area contributed by atoms with Gasteiger partial charge in [0.25, 0.3) is 0 Å². The van der Waals surface area contributed by atoms with E-state index in [0.717, 1.165) is 12.8 Å². The van der Waals surface area contributed by atoms with Gasteiger partial charge in [0, 0.05) is 12.6 Å². The molecule has 0 spiro atoms. The highest BCUT2D eigenvalue weighted by Crippen LogP contribution is 2.18. The summed E-state index contributed by atoms with van der Waals surface area (Å²) < 4.78 is 5.59. The van der Waals surface area contributed by atoms with Crippen LogP contribution in [0.5, 0.6) is 0 Å². The SMILES string of the molecule is CC1CC(NCCO)CC(C)O1. The summed E-state index contributed by atoms with van der Waals surface area (Å²) in [6.45, 7) is 5.12. The van der Waals surface area contributed by atoms with Gasteiger partial charge in [0.1, 0.15) is 0 Å². The highest BCUT2D eigenvalue weighted by atomic mass is 16.5. The molecule has 0 aliphatic carbocycles. The lowest BCUT2D eigenvalue weighted by molar-refractivity contribution is -0.0423. The Morgan fingerprint density at radius 2 is 1.92 bits per heavy atom. The van der Waals surface area contributed by atoms with Crippen molar-refractivity contribution in [2.75, 3.05) is 13.2 Å². The van der Waals surface area contributed by atoms with Crippen molar-refractivity contribution in [3.05, 3.63) is 0 Å². The molecule has 1 aliphatic rings. The van der Waals surface area contributed by atoms with Crippen molar-refractivity contribution in [3.63, 3.8) is 0 Å². The molecule has 1 aliphatic heterocycles. The Kier molecular flexibility index (Phi) is 3.98. The van der Waals surface area contributed by atoms with Gasteiger partial charge in [-0.3, -0.25) is 0 Å². The van der Waals surface area contributed by atoms with E-state index in [-0.39, 0.29) is 6.61 Å². The summed E-state index contributed by atoms with van der Waals surface area (Å²) in [6.07, 6.45) is 2.82. The van der Waals surface area contributed by atoms with Crippen LogP contribution < -0.4 is 5.32 Å². The quantitative estimate of drug-likeness (QED) is 0.654. The molecule has 3 heteroatoms. The van der Waals surface area contributed by atoms with Crippen LogP contribution in [-0.2, 0) is 4.74 Å². The van der Waals surface area contributed by atoms with Gasteiger partial charge in [-0.05, 0) is 26.7 Å². The summed E-state index contributed by atoms with van der Waals surface area (Å²) in [7, 11) is 0. The summed E-state index contributed by atoms with van der Waals surface area (Å²) in [5.74, 6) is 0. The molecule has 0 aromatic heterocycles. The number of aliphatic hydroxyl groups is 1. The molecule has 72 valence electrons. The second kappa shape index (κ2) is 4.80. The molecule has 0 amide bonds. The fraction of sp³-hybridized carbons (Fsp3) is 1.00. The van der Waals surface area contributed by atoms with E-state index >= 15 is 0 Å². The molecule has 2 atom stereocenters. The summed E-state index contributed by atoms with van der Waals surface area (Å²) in [6, 6.07) is 0.524. The van der Waals surface area contributed by atoms with Crippen molar-refractivity contribution in [3.8, 4) is 0 Å². The van der Waals surface area contributed by atoms with Crippen molar-refractivity contribution in [1.29, 1.82) is 0 Å². The van der Waals surface area contributed by atoms with Crippen LogP contribution >= 0.6 is 0 Å². The van der Waals surface area contributed by atoms with Crippen molar-refractivity contribution in [2.24, 2.45) is 0 Å². The normalized spacial score (nSPS) is 36.8. The van der Waals surface area contributed by atoms with Gasteiger partial charge >= 0.3 is 0 Å². The van der Waals surface area contributed by atoms with Crippen LogP contribution in [0.4, 0.5) is 0 Å². The molecule has 1 fully saturated rings. The van der Waals surface area contributed by atoms with Gasteiger partial charge in [-0.1, -0.05) is 0 Å². The standard InChI is InChI=1S/C9H19NO2/c1-7-5-9(10-3-4-11)6-8(2)12-7/h7-11H,3-6H2,1-2H3. The second-order valence-corrected chi connectivity index (χ2v) is 3.60. The third kappa shape index (κ3) is 3.09. The molecular formula is C9H19NO2. The second-order valence-electron chi connectivity index (χ2n) is 3.60. The lowest BCUT2D eigenvalue weighted by atomic mass is 10.00. The zero-order valence-corrected chi connectivity index (χ0v) is 7.92. The molecule has 0 bridgehead atoms. The molecule has 12 heavy (non-hydrogen) atoms. The van der Waals surface area contributed by atoms with Gasteiger partial charge in [-0.15, -0.1) is 0 Å². The summed E-state index contributed by atoms with van der Waals surface area (Å²) >= 11 is 0. The lowest BCUT2D eigenvalue weighted by Crippen LogP contribution is -2.42. The van der Waals surface area contributed by atoms with Crippen molar-refractivity contribution in [1.82, 2.24) is 5.32 Å². The number of hydrogen-bond donors (Lipinski definition) is 2. The van der Waals surface area contributed by atoms with E-state index in [2.05, 4.69) is 19.2 Å². The van der Waals surface area contributed by atoms with Crippen LogP contribution in [0.2, 0.25) is 0 Å². The third-order valence-corrected chi connectivity index (χ3v) is 2.24. The van der Waals surface area contributed by atoms with Crippen LogP contribution in [0.25, 0.3) is 0 Å². The van der Waals surface area contributed by atoms with Crippen LogP contribution in [-0.4, -0.2) is 36.5 Å². The lowest BCUT2D eigenvalue weighted by Gasteiger charge is -2.32. The highest BCUT2D eigenvalue weighted by molar-refractivity contribution is 4.78. The minimum absolute atomic E-state index is 0.222. The Balaban J connectivity index is 2.24. The number of hydrogen-bond acceptors (Lipinski definition) is 3. The van der Waals surface area contributed by atoms with E-state index in [1.807, 2.05) is 0 Å². The fourth-order valence-electron chi connectivity index (χ4n) is 1.84. The van der Waals surface area contributed by atoms with Gasteiger partial charge in [0.05, 0.1) is 18.8 Å². The molecule has 2 unspecified atom stereocenters. The largest absolute Gasteiger partial charge is 0.395 e. The third-order valence-electron chi connectivity index (χ3n) is 2.24. The summed E-state index contributed by atoms with van der Waals surface area (Å²) in [5.41, 5.74) is 0. The van der Waals surface area contributed by atoms with Gasteiger partial charge in [0.15, 0.2) is 0 Å². The maximum Gasteiger partial charge on any atom is 0.0565 e. The van der Waals surface area contributed by atoms with E-state index in [1.165, 1.54) is 0 Å². The maximum absolute atomic E-state index is 8.63. The van der Waals surface area contributed by atoms with Crippen LogP contribution in [0, 0.1) is 0 Å². The molecule has 1 rings (SSSR count). The first kappa shape index (κ1) is 9.96. The van der Waals surface area contributed by atoms with Crippen LogP contribution in [0.15, 0.2) is 0 Å². The fourth-order valence-corrected chi connectivity index (χ4v) is 1.84. The number of aliphatic hydroxyl groups excluding tert-OH is 1. The molecule has 0 aromatic carbocycles. The van der Waals surface area contributed by atoms with Gasteiger partial charge < -0.3 is 15.2 Å². The Bertz CT molecular complexity index is 120. The van der Waals surface area contributed by atoms with Crippen molar-refractivity contribution < 1.29 is 9.84 Å². The molecule has 1 saturated heterocycles. The molecule has 2 N–H and O–H groups in total. The van der Waals surface area contributed by atoms with Crippen molar-refractivity contribution >= 4 is 0 Å². The summed E-state index contributed by atoms with van der Waals surface area (Å²) in [4.78, 5) is 0. The molecule has 1 heterocycles. The summed E-state index contributed by atoms with van der Waals surface area (Å²) in [5, 5.41) is 11.9. The molecule has 0 radical (unpaired) electrons.